The van der Waals surface area contributed by atoms with E-state index in [2.05, 4.69) is 41.0 Å². The summed E-state index contributed by atoms with van der Waals surface area (Å²) in [5.41, 5.74) is 3.89. The predicted octanol–water partition coefficient (Wildman–Crippen LogP) is 8.52. The van der Waals surface area contributed by atoms with Crippen LogP contribution in [-0.2, 0) is 6.42 Å². The van der Waals surface area contributed by atoms with Crippen molar-refractivity contribution in [1.82, 2.24) is 9.97 Å². The number of aryl methyl sites for hydroxylation is 1. The van der Waals surface area contributed by atoms with Gasteiger partial charge in [-0.05, 0) is 43.0 Å². The zero-order valence-electron chi connectivity index (χ0n) is 21.6. The SMILES string of the molecule is C#CC=N/C(=C(\C)C=C)C(C=C)c1cc(-c2ncnc3cc(CCCCCCC)ccc23)c(F)cc1F. The number of aliphatic imine (C=N–C) groups is 1. The fraction of sp³-hybridized carbons (Fsp3) is 0.281. The topological polar surface area (TPSA) is 38.1 Å². The molecule has 0 bridgehead atoms. The van der Waals surface area contributed by atoms with E-state index in [1.165, 1.54) is 49.9 Å². The van der Waals surface area contributed by atoms with Crippen molar-refractivity contribution in [3.63, 3.8) is 0 Å². The summed E-state index contributed by atoms with van der Waals surface area (Å²) < 4.78 is 30.3. The van der Waals surface area contributed by atoms with E-state index in [0.717, 1.165) is 24.4 Å². The maximum atomic E-state index is 15.2. The van der Waals surface area contributed by atoms with Crippen LogP contribution in [0.2, 0.25) is 0 Å². The van der Waals surface area contributed by atoms with Gasteiger partial charge in [-0.2, -0.15) is 0 Å². The summed E-state index contributed by atoms with van der Waals surface area (Å²) in [5, 5.41) is 0.701. The maximum absolute atomic E-state index is 15.2. The van der Waals surface area contributed by atoms with Gasteiger partial charge in [-0.1, -0.05) is 69.4 Å². The van der Waals surface area contributed by atoms with Gasteiger partial charge in [-0.3, -0.25) is 4.99 Å². The molecule has 0 aliphatic rings. The van der Waals surface area contributed by atoms with E-state index in [4.69, 9.17) is 6.42 Å². The lowest BCUT2D eigenvalue weighted by molar-refractivity contribution is 0.572. The molecule has 3 rings (SSSR count). The number of nitrogens with zero attached hydrogens (tertiary/aromatic N) is 3. The number of unbranched alkanes of at least 4 members (excludes halogenated alkanes) is 4. The molecule has 0 saturated carbocycles. The van der Waals surface area contributed by atoms with Gasteiger partial charge < -0.3 is 0 Å². The van der Waals surface area contributed by atoms with Crippen molar-refractivity contribution in [2.75, 3.05) is 0 Å². The number of terminal acetylenes is 1. The van der Waals surface area contributed by atoms with E-state index in [1.807, 2.05) is 18.2 Å². The lowest BCUT2D eigenvalue weighted by atomic mass is 9.90. The molecule has 0 radical (unpaired) electrons. The molecule has 0 aliphatic carbocycles. The summed E-state index contributed by atoms with van der Waals surface area (Å²) in [4.78, 5) is 13.1. The van der Waals surface area contributed by atoms with Crippen molar-refractivity contribution in [2.24, 2.45) is 4.99 Å². The molecule has 0 spiro atoms. The third-order valence-electron chi connectivity index (χ3n) is 6.47. The summed E-state index contributed by atoms with van der Waals surface area (Å²) in [6.45, 7) is 11.7. The average molecular weight is 498 g/mol. The summed E-state index contributed by atoms with van der Waals surface area (Å²) in [6, 6.07) is 8.34. The third kappa shape index (κ3) is 6.65. The van der Waals surface area contributed by atoms with Crippen LogP contribution in [0.15, 0.2) is 78.2 Å². The van der Waals surface area contributed by atoms with Crippen LogP contribution in [0.25, 0.3) is 22.2 Å². The van der Waals surface area contributed by atoms with Crippen LogP contribution in [0.5, 0.6) is 0 Å². The highest BCUT2D eigenvalue weighted by Crippen LogP contribution is 2.36. The molecule has 1 atom stereocenters. The zero-order chi connectivity index (χ0) is 26.8. The van der Waals surface area contributed by atoms with Gasteiger partial charge in [0.1, 0.15) is 18.0 Å². The Kier molecular flexibility index (Phi) is 10.0. The zero-order valence-corrected chi connectivity index (χ0v) is 21.6. The normalized spacial score (nSPS) is 12.8. The molecule has 3 aromatic rings. The molecule has 0 fully saturated rings. The number of benzene rings is 2. The minimum atomic E-state index is -0.708. The Morgan fingerprint density at radius 2 is 1.86 bits per heavy atom. The smallest absolute Gasteiger partial charge is 0.135 e. The van der Waals surface area contributed by atoms with E-state index in [9.17, 15) is 0 Å². The molecule has 5 heteroatoms. The largest absolute Gasteiger partial charge is 0.251 e. The Bertz CT molecular complexity index is 1380. The first-order valence-corrected chi connectivity index (χ1v) is 12.6. The van der Waals surface area contributed by atoms with Gasteiger partial charge in [0.2, 0.25) is 0 Å². The number of halogens is 2. The number of rotatable bonds is 12. The quantitative estimate of drug-likeness (QED) is 0.0827. The second-order valence-electron chi connectivity index (χ2n) is 9.00. The van der Waals surface area contributed by atoms with Gasteiger partial charge in [0.05, 0.1) is 23.1 Å². The molecule has 0 amide bonds. The minimum Gasteiger partial charge on any atom is -0.251 e. The highest BCUT2D eigenvalue weighted by Gasteiger charge is 2.23. The highest BCUT2D eigenvalue weighted by atomic mass is 19.1. The number of hydrogen-bond acceptors (Lipinski definition) is 3. The van der Waals surface area contributed by atoms with Crippen molar-refractivity contribution in [2.45, 2.75) is 58.3 Å². The fourth-order valence-corrected chi connectivity index (χ4v) is 4.42. The van der Waals surface area contributed by atoms with Gasteiger partial charge in [-0.25, -0.2) is 18.7 Å². The molecule has 0 N–H and O–H groups in total. The molecular weight excluding hydrogens is 464 g/mol. The Morgan fingerprint density at radius 1 is 1.08 bits per heavy atom. The van der Waals surface area contributed by atoms with Crippen molar-refractivity contribution >= 4 is 17.1 Å². The Morgan fingerprint density at radius 3 is 2.57 bits per heavy atom. The Balaban J connectivity index is 2.06. The first-order valence-electron chi connectivity index (χ1n) is 12.6. The molecule has 190 valence electrons. The maximum Gasteiger partial charge on any atom is 0.135 e. The van der Waals surface area contributed by atoms with Crippen LogP contribution >= 0.6 is 0 Å². The molecular formula is C32H33F2N3. The van der Waals surface area contributed by atoms with Crippen LogP contribution in [0.4, 0.5) is 8.78 Å². The van der Waals surface area contributed by atoms with E-state index < -0.39 is 17.6 Å². The van der Waals surface area contributed by atoms with Crippen LogP contribution in [0.3, 0.4) is 0 Å². The van der Waals surface area contributed by atoms with Crippen molar-refractivity contribution in [1.29, 1.82) is 0 Å². The molecule has 1 heterocycles. The van der Waals surface area contributed by atoms with E-state index in [0.29, 0.717) is 22.4 Å². The number of hydrogen-bond donors (Lipinski definition) is 0. The molecule has 0 aliphatic heterocycles. The van der Waals surface area contributed by atoms with Crippen LogP contribution in [0, 0.1) is 24.0 Å². The molecule has 1 aromatic heterocycles. The Hall–Kier alpha value is -3.91. The standard InChI is InChI=1S/C32H33F2N3/c1-6-10-11-12-13-14-23-15-16-25-30(18-23)36-21-37-32(25)27-19-26(28(33)20-29(27)34)24(9-4)31(22(5)8-3)35-17-7-2/h2,8-9,15-21,24H,3-4,6,10-14H2,1,5H3/b31-22+,35-17?. The summed E-state index contributed by atoms with van der Waals surface area (Å²) in [7, 11) is 0. The second-order valence-corrected chi connectivity index (χ2v) is 9.00. The predicted molar refractivity (Wildman–Crippen MR) is 151 cm³/mol. The van der Waals surface area contributed by atoms with Crippen molar-refractivity contribution < 1.29 is 8.78 Å². The van der Waals surface area contributed by atoms with Gasteiger partial charge in [0, 0.05) is 28.5 Å². The number of aromatic nitrogens is 2. The lowest BCUT2D eigenvalue weighted by Crippen LogP contribution is -2.05. The van der Waals surface area contributed by atoms with E-state index >= 15 is 8.78 Å². The summed E-state index contributed by atoms with van der Waals surface area (Å²) in [5.74, 6) is 0.263. The average Bonchev–Trinajstić information content (AvgIpc) is 2.90. The van der Waals surface area contributed by atoms with Gasteiger partial charge in [0.15, 0.2) is 0 Å². The number of fused-ring (bicyclic) bond motifs is 1. The Labute approximate surface area is 218 Å². The first-order chi connectivity index (χ1) is 17.9. The monoisotopic (exact) mass is 497 g/mol. The van der Waals surface area contributed by atoms with Crippen molar-refractivity contribution in [3.8, 4) is 23.6 Å². The van der Waals surface area contributed by atoms with Crippen molar-refractivity contribution in [3.05, 3.63) is 96.0 Å². The van der Waals surface area contributed by atoms with E-state index in [1.54, 1.807) is 19.1 Å². The molecule has 37 heavy (non-hydrogen) atoms. The first kappa shape index (κ1) is 27.7. The van der Waals surface area contributed by atoms with Crippen LogP contribution < -0.4 is 0 Å². The van der Waals surface area contributed by atoms with Gasteiger partial charge in [-0.15, -0.1) is 13.0 Å². The molecule has 1 unspecified atom stereocenters. The third-order valence-corrected chi connectivity index (χ3v) is 6.47. The molecule has 3 nitrogen and oxygen atoms in total. The van der Waals surface area contributed by atoms with Crippen LogP contribution in [-0.4, -0.2) is 16.2 Å². The second kappa shape index (κ2) is 13.4. The molecule has 0 saturated heterocycles. The lowest BCUT2D eigenvalue weighted by Gasteiger charge is -2.18. The van der Waals surface area contributed by atoms with E-state index in [-0.39, 0.29) is 11.1 Å². The van der Waals surface area contributed by atoms with Gasteiger partial charge in [0.25, 0.3) is 0 Å². The number of allylic oxidation sites excluding steroid dienone is 3. The fourth-order valence-electron chi connectivity index (χ4n) is 4.42. The minimum absolute atomic E-state index is 0.180. The summed E-state index contributed by atoms with van der Waals surface area (Å²) in [6.07, 6.45) is 18.2. The van der Waals surface area contributed by atoms with Crippen LogP contribution in [0.1, 0.15) is 63.0 Å². The van der Waals surface area contributed by atoms with Gasteiger partial charge >= 0.3 is 0 Å². The summed E-state index contributed by atoms with van der Waals surface area (Å²) >= 11 is 0. The molecule has 2 aromatic carbocycles. The highest BCUT2D eigenvalue weighted by molar-refractivity contribution is 5.92.